The first-order valence-electron chi connectivity index (χ1n) is 6.43. The SMILES string of the molecule is CNC1CCCN(C(=O)c2cc(Br)cc([N+](=O)[O-])c2)C1. The molecule has 0 saturated carbocycles. The molecule has 0 bridgehead atoms. The zero-order valence-corrected chi connectivity index (χ0v) is 12.7. The lowest BCUT2D eigenvalue weighted by Gasteiger charge is -2.32. The number of amides is 1. The fourth-order valence-electron chi connectivity index (χ4n) is 2.38. The topological polar surface area (TPSA) is 75.5 Å². The van der Waals surface area contributed by atoms with Gasteiger partial charge in [-0.15, -0.1) is 0 Å². The Morgan fingerprint density at radius 3 is 2.90 bits per heavy atom. The van der Waals surface area contributed by atoms with Gasteiger partial charge in [0.15, 0.2) is 0 Å². The third kappa shape index (κ3) is 3.34. The second-order valence-corrected chi connectivity index (χ2v) is 5.75. The van der Waals surface area contributed by atoms with E-state index < -0.39 is 4.92 Å². The van der Waals surface area contributed by atoms with Gasteiger partial charge in [0.2, 0.25) is 0 Å². The number of carbonyl (C=O) groups is 1. The molecule has 6 nitrogen and oxygen atoms in total. The Hall–Kier alpha value is -1.47. The van der Waals surface area contributed by atoms with Crippen molar-refractivity contribution < 1.29 is 9.72 Å². The number of nitrogens with zero attached hydrogens (tertiary/aromatic N) is 2. The Morgan fingerprint density at radius 1 is 1.50 bits per heavy atom. The minimum atomic E-state index is -0.492. The van der Waals surface area contributed by atoms with Gasteiger partial charge in [0.05, 0.1) is 4.92 Å². The number of hydrogen-bond donors (Lipinski definition) is 1. The van der Waals surface area contributed by atoms with Crippen LogP contribution in [0.1, 0.15) is 23.2 Å². The Labute approximate surface area is 125 Å². The molecule has 1 aromatic rings. The van der Waals surface area contributed by atoms with Crippen molar-refractivity contribution in [1.82, 2.24) is 10.2 Å². The van der Waals surface area contributed by atoms with E-state index in [0.29, 0.717) is 23.1 Å². The van der Waals surface area contributed by atoms with Crippen molar-refractivity contribution in [3.63, 3.8) is 0 Å². The Balaban J connectivity index is 2.22. The summed E-state index contributed by atoms with van der Waals surface area (Å²) in [6.45, 7) is 1.33. The van der Waals surface area contributed by atoms with Crippen molar-refractivity contribution in [2.45, 2.75) is 18.9 Å². The summed E-state index contributed by atoms with van der Waals surface area (Å²) in [5.74, 6) is -0.158. The van der Waals surface area contributed by atoms with Crippen molar-refractivity contribution in [2.24, 2.45) is 0 Å². The molecule has 1 atom stereocenters. The minimum absolute atomic E-state index is 0.0788. The highest BCUT2D eigenvalue weighted by Crippen LogP contribution is 2.23. The number of halogens is 1. The maximum Gasteiger partial charge on any atom is 0.271 e. The molecule has 1 amide bonds. The Bertz CT molecular complexity index is 536. The standard InChI is InChI=1S/C13H16BrN3O3/c1-15-11-3-2-4-16(8-11)13(18)9-5-10(14)7-12(6-9)17(19)20/h5-7,11,15H,2-4,8H2,1H3. The predicted molar refractivity (Wildman–Crippen MR) is 78.8 cm³/mol. The van der Waals surface area contributed by atoms with Crippen molar-refractivity contribution >= 4 is 27.5 Å². The van der Waals surface area contributed by atoms with Crippen LogP contribution >= 0.6 is 15.9 Å². The number of nitro benzene ring substituents is 1. The van der Waals surface area contributed by atoms with E-state index in [0.717, 1.165) is 12.8 Å². The summed E-state index contributed by atoms with van der Waals surface area (Å²) in [6, 6.07) is 4.63. The first-order chi connectivity index (χ1) is 9.51. The number of likely N-dealkylation sites (N-methyl/N-ethyl adjacent to an activating group) is 1. The van der Waals surface area contributed by atoms with Gasteiger partial charge in [-0.05, 0) is 26.0 Å². The molecule has 1 saturated heterocycles. The van der Waals surface area contributed by atoms with Crippen molar-refractivity contribution in [1.29, 1.82) is 0 Å². The van der Waals surface area contributed by atoms with Crippen LogP contribution in [-0.4, -0.2) is 41.9 Å². The number of nitrogens with one attached hydrogen (secondary N) is 1. The molecule has 2 rings (SSSR count). The van der Waals surface area contributed by atoms with E-state index in [1.165, 1.54) is 12.1 Å². The summed E-state index contributed by atoms with van der Waals surface area (Å²) in [5, 5.41) is 14.0. The average molecular weight is 342 g/mol. The molecule has 1 heterocycles. The van der Waals surface area contributed by atoms with Crippen molar-refractivity contribution in [2.75, 3.05) is 20.1 Å². The monoisotopic (exact) mass is 341 g/mol. The molecular weight excluding hydrogens is 326 g/mol. The average Bonchev–Trinajstić information content (AvgIpc) is 2.45. The van der Waals surface area contributed by atoms with E-state index in [9.17, 15) is 14.9 Å². The number of benzene rings is 1. The van der Waals surface area contributed by atoms with Crippen LogP contribution in [0.25, 0.3) is 0 Å². The molecule has 0 spiro atoms. The van der Waals surface area contributed by atoms with Crippen LogP contribution in [-0.2, 0) is 0 Å². The lowest BCUT2D eigenvalue weighted by Crippen LogP contribution is -2.46. The lowest BCUT2D eigenvalue weighted by atomic mass is 10.0. The largest absolute Gasteiger partial charge is 0.337 e. The molecular formula is C13H16BrN3O3. The van der Waals surface area contributed by atoms with E-state index >= 15 is 0 Å². The first-order valence-corrected chi connectivity index (χ1v) is 7.22. The van der Waals surface area contributed by atoms with E-state index in [-0.39, 0.29) is 17.6 Å². The molecule has 1 aromatic carbocycles. The van der Waals surface area contributed by atoms with Gasteiger partial charge in [0, 0.05) is 41.3 Å². The molecule has 108 valence electrons. The molecule has 0 radical (unpaired) electrons. The molecule has 0 aliphatic carbocycles. The Kier molecular flexibility index (Phi) is 4.72. The van der Waals surface area contributed by atoms with Gasteiger partial charge in [0.25, 0.3) is 11.6 Å². The van der Waals surface area contributed by atoms with Gasteiger partial charge in [-0.1, -0.05) is 15.9 Å². The highest BCUT2D eigenvalue weighted by molar-refractivity contribution is 9.10. The molecule has 1 aliphatic heterocycles. The van der Waals surface area contributed by atoms with Gasteiger partial charge < -0.3 is 10.2 Å². The molecule has 1 unspecified atom stereocenters. The fourth-order valence-corrected chi connectivity index (χ4v) is 2.86. The minimum Gasteiger partial charge on any atom is -0.337 e. The summed E-state index contributed by atoms with van der Waals surface area (Å²) in [6.07, 6.45) is 1.98. The third-order valence-electron chi connectivity index (χ3n) is 3.46. The first kappa shape index (κ1) is 14.9. The maximum atomic E-state index is 12.4. The highest BCUT2D eigenvalue weighted by atomic mass is 79.9. The van der Waals surface area contributed by atoms with Crippen molar-refractivity contribution in [3.05, 3.63) is 38.3 Å². The van der Waals surface area contributed by atoms with Crippen LogP contribution in [0.4, 0.5) is 5.69 Å². The maximum absolute atomic E-state index is 12.4. The normalized spacial score (nSPS) is 18.9. The summed E-state index contributed by atoms with van der Waals surface area (Å²) in [5.41, 5.74) is 0.271. The fraction of sp³-hybridized carbons (Fsp3) is 0.462. The van der Waals surface area contributed by atoms with Crippen LogP contribution in [0.15, 0.2) is 22.7 Å². The van der Waals surface area contributed by atoms with E-state index in [1.54, 1.807) is 11.0 Å². The van der Waals surface area contributed by atoms with E-state index in [1.807, 2.05) is 7.05 Å². The van der Waals surface area contributed by atoms with Gasteiger partial charge in [-0.2, -0.15) is 0 Å². The van der Waals surface area contributed by atoms with Crippen molar-refractivity contribution in [3.8, 4) is 0 Å². The van der Waals surface area contributed by atoms with Gasteiger partial charge in [-0.25, -0.2) is 0 Å². The Morgan fingerprint density at radius 2 is 2.25 bits per heavy atom. The third-order valence-corrected chi connectivity index (χ3v) is 3.92. The number of nitro groups is 1. The van der Waals surface area contributed by atoms with Gasteiger partial charge in [-0.3, -0.25) is 14.9 Å². The van der Waals surface area contributed by atoms with Crippen LogP contribution in [0.5, 0.6) is 0 Å². The van der Waals surface area contributed by atoms with Crippen LogP contribution in [0.2, 0.25) is 0 Å². The number of carbonyl (C=O) groups excluding carboxylic acids is 1. The molecule has 7 heteroatoms. The number of likely N-dealkylation sites (tertiary alicyclic amines) is 1. The number of rotatable bonds is 3. The molecule has 1 N–H and O–H groups in total. The number of piperidine rings is 1. The predicted octanol–water partition coefficient (Wildman–Crippen LogP) is 2.18. The van der Waals surface area contributed by atoms with E-state index in [4.69, 9.17) is 0 Å². The number of non-ortho nitro benzene ring substituents is 1. The van der Waals surface area contributed by atoms with Crippen LogP contribution in [0, 0.1) is 10.1 Å². The number of hydrogen-bond acceptors (Lipinski definition) is 4. The van der Waals surface area contributed by atoms with Crippen LogP contribution < -0.4 is 5.32 Å². The second kappa shape index (κ2) is 6.32. The molecule has 1 aliphatic rings. The van der Waals surface area contributed by atoms with Crippen LogP contribution in [0.3, 0.4) is 0 Å². The summed E-state index contributed by atoms with van der Waals surface area (Å²) < 4.78 is 0.539. The molecule has 1 fully saturated rings. The molecule has 0 aromatic heterocycles. The second-order valence-electron chi connectivity index (χ2n) is 4.83. The lowest BCUT2D eigenvalue weighted by molar-refractivity contribution is -0.385. The zero-order valence-electron chi connectivity index (χ0n) is 11.1. The smallest absolute Gasteiger partial charge is 0.271 e. The van der Waals surface area contributed by atoms with Gasteiger partial charge >= 0.3 is 0 Å². The zero-order chi connectivity index (χ0) is 14.7. The summed E-state index contributed by atoms with van der Waals surface area (Å²) in [7, 11) is 1.88. The quantitative estimate of drug-likeness (QED) is 0.675. The van der Waals surface area contributed by atoms with E-state index in [2.05, 4.69) is 21.2 Å². The van der Waals surface area contributed by atoms with Gasteiger partial charge in [0.1, 0.15) is 0 Å². The summed E-state index contributed by atoms with van der Waals surface area (Å²) >= 11 is 3.21. The summed E-state index contributed by atoms with van der Waals surface area (Å²) in [4.78, 5) is 24.5. The molecule has 20 heavy (non-hydrogen) atoms. The highest BCUT2D eigenvalue weighted by Gasteiger charge is 2.24.